The number of rotatable bonds is 4. The average molecular weight is 488 g/mol. The van der Waals surface area contributed by atoms with E-state index in [2.05, 4.69) is 10.4 Å². The summed E-state index contributed by atoms with van der Waals surface area (Å²) in [4.78, 5) is 28.0. The SMILES string of the molecule is CCNC(=O)n1c(C)cc2cc(Oc3ccnn4cc(C(=O)N5CCCC56COC6)c(C)c34)ccc21. The average Bonchev–Trinajstić information content (AvgIpc) is 3.52. The third-order valence-corrected chi connectivity index (χ3v) is 7.42. The molecule has 1 spiro atoms. The summed E-state index contributed by atoms with van der Waals surface area (Å²) in [5.74, 6) is 1.28. The van der Waals surface area contributed by atoms with Crippen molar-refractivity contribution in [3.8, 4) is 11.5 Å². The summed E-state index contributed by atoms with van der Waals surface area (Å²) in [6.45, 7) is 8.28. The molecule has 9 heteroatoms. The first-order valence-corrected chi connectivity index (χ1v) is 12.4. The van der Waals surface area contributed by atoms with Crippen molar-refractivity contribution in [3.63, 3.8) is 0 Å². The lowest BCUT2D eigenvalue weighted by molar-refractivity contribution is -0.109. The number of ether oxygens (including phenoxy) is 2. The molecule has 186 valence electrons. The summed E-state index contributed by atoms with van der Waals surface area (Å²) in [6, 6.07) is 9.29. The van der Waals surface area contributed by atoms with Gasteiger partial charge in [0.15, 0.2) is 5.75 Å². The number of amides is 2. The summed E-state index contributed by atoms with van der Waals surface area (Å²) >= 11 is 0. The first-order valence-electron chi connectivity index (χ1n) is 12.4. The molecular weight excluding hydrogens is 458 g/mol. The Morgan fingerprint density at radius 3 is 2.78 bits per heavy atom. The smallest absolute Gasteiger partial charge is 0.326 e. The molecule has 0 unspecified atom stereocenters. The lowest BCUT2D eigenvalue weighted by Gasteiger charge is -2.45. The third kappa shape index (κ3) is 3.37. The van der Waals surface area contributed by atoms with Crippen molar-refractivity contribution in [2.45, 2.75) is 39.2 Å². The highest BCUT2D eigenvalue weighted by atomic mass is 16.5. The molecule has 0 atom stereocenters. The van der Waals surface area contributed by atoms with Crippen molar-refractivity contribution < 1.29 is 19.1 Å². The Morgan fingerprint density at radius 1 is 1.19 bits per heavy atom. The van der Waals surface area contributed by atoms with Gasteiger partial charge in [0.05, 0.1) is 36.0 Å². The zero-order valence-corrected chi connectivity index (χ0v) is 20.7. The molecule has 0 aliphatic carbocycles. The van der Waals surface area contributed by atoms with Crippen molar-refractivity contribution in [3.05, 3.63) is 59.5 Å². The van der Waals surface area contributed by atoms with Crippen LogP contribution in [-0.2, 0) is 4.74 Å². The Morgan fingerprint density at radius 2 is 2.03 bits per heavy atom. The van der Waals surface area contributed by atoms with E-state index in [-0.39, 0.29) is 17.5 Å². The summed E-state index contributed by atoms with van der Waals surface area (Å²) < 4.78 is 15.2. The highest BCUT2D eigenvalue weighted by Gasteiger charge is 2.49. The van der Waals surface area contributed by atoms with Gasteiger partial charge in [-0.15, -0.1) is 0 Å². The highest BCUT2D eigenvalue weighted by Crippen LogP contribution is 2.38. The second-order valence-electron chi connectivity index (χ2n) is 9.71. The van der Waals surface area contributed by atoms with Crippen LogP contribution < -0.4 is 10.1 Å². The molecule has 0 bridgehead atoms. The van der Waals surface area contributed by atoms with E-state index in [0.29, 0.717) is 36.8 Å². The predicted molar refractivity (Wildman–Crippen MR) is 135 cm³/mol. The summed E-state index contributed by atoms with van der Waals surface area (Å²) in [7, 11) is 0. The molecule has 2 fully saturated rings. The van der Waals surface area contributed by atoms with Crippen molar-refractivity contribution in [1.29, 1.82) is 0 Å². The van der Waals surface area contributed by atoms with E-state index >= 15 is 0 Å². The molecule has 36 heavy (non-hydrogen) atoms. The fourth-order valence-corrected chi connectivity index (χ4v) is 5.58. The number of benzene rings is 1. The van der Waals surface area contributed by atoms with Gasteiger partial charge in [-0.2, -0.15) is 5.10 Å². The molecule has 1 N–H and O–H groups in total. The minimum atomic E-state index is -0.150. The van der Waals surface area contributed by atoms with Crippen LogP contribution in [0.4, 0.5) is 4.79 Å². The molecular formula is C27H29N5O4. The standard InChI is InChI=1S/C27H29N5O4/c1-4-28-26(34)32-17(2)12-19-13-20(6-7-22(19)32)36-23-8-10-29-31-14-21(18(3)24(23)31)25(33)30-11-5-9-27(30)15-35-16-27/h6-8,10,12-14H,4-5,9,11,15-16H2,1-3H3,(H,28,34). The summed E-state index contributed by atoms with van der Waals surface area (Å²) in [6.07, 6.45) is 5.45. The number of hydrogen-bond donors (Lipinski definition) is 1. The topological polar surface area (TPSA) is 90.1 Å². The van der Waals surface area contributed by atoms with Crippen LogP contribution in [0.2, 0.25) is 0 Å². The molecule has 5 heterocycles. The fourth-order valence-electron chi connectivity index (χ4n) is 5.58. The van der Waals surface area contributed by atoms with Crippen LogP contribution in [0.15, 0.2) is 42.7 Å². The van der Waals surface area contributed by atoms with E-state index in [9.17, 15) is 9.59 Å². The van der Waals surface area contributed by atoms with Crippen LogP contribution in [0, 0.1) is 13.8 Å². The molecule has 2 aliphatic rings. The van der Waals surface area contributed by atoms with E-state index < -0.39 is 0 Å². The van der Waals surface area contributed by atoms with Gasteiger partial charge >= 0.3 is 6.03 Å². The van der Waals surface area contributed by atoms with Gasteiger partial charge in [-0.1, -0.05) is 0 Å². The molecule has 4 aromatic rings. The van der Waals surface area contributed by atoms with Crippen LogP contribution >= 0.6 is 0 Å². The maximum absolute atomic E-state index is 13.6. The van der Waals surface area contributed by atoms with Gasteiger partial charge in [-0.3, -0.25) is 9.36 Å². The molecule has 2 saturated heterocycles. The van der Waals surface area contributed by atoms with Gasteiger partial charge in [0.2, 0.25) is 0 Å². The Hall–Kier alpha value is -3.85. The van der Waals surface area contributed by atoms with Crippen LogP contribution in [0.5, 0.6) is 11.5 Å². The number of aryl methyl sites for hydroxylation is 2. The molecule has 2 amide bonds. The number of fused-ring (bicyclic) bond motifs is 2. The minimum Gasteiger partial charge on any atom is -0.455 e. The van der Waals surface area contributed by atoms with Gasteiger partial charge in [-0.25, -0.2) is 9.31 Å². The number of likely N-dealkylation sites (tertiary alicyclic amines) is 1. The Balaban J connectivity index is 1.34. The quantitative estimate of drug-likeness (QED) is 0.464. The zero-order valence-electron chi connectivity index (χ0n) is 20.7. The van der Waals surface area contributed by atoms with Gasteiger partial charge in [-0.05, 0) is 63.4 Å². The first-order chi connectivity index (χ1) is 17.4. The molecule has 0 radical (unpaired) electrons. The second kappa shape index (κ2) is 8.37. The maximum Gasteiger partial charge on any atom is 0.326 e. The van der Waals surface area contributed by atoms with E-state index in [1.165, 1.54) is 0 Å². The number of nitrogens with one attached hydrogen (secondary N) is 1. The van der Waals surface area contributed by atoms with E-state index in [0.717, 1.165) is 47.1 Å². The van der Waals surface area contributed by atoms with Crippen molar-refractivity contribution in [2.75, 3.05) is 26.3 Å². The van der Waals surface area contributed by atoms with Crippen molar-refractivity contribution in [2.24, 2.45) is 0 Å². The predicted octanol–water partition coefficient (Wildman–Crippen LogP) is 4.28. The molecule has 1 aromatic carbocycles. The van der Waals surface area contributed by atoms with Crippen LogP contribution in [-0.4, -0.2) is 62.9 Å². The highest BCUT2D eigenvalue weighted by molar-refractivity contribution is 5.99. The second-order valence-corrected chi connectivity index (χ2v) is 9.71. The molecule has 9 nitrogen and oxygen atoms in total. The van der Waals surface area contributed by atoms with E-state index in [1.54, 1.807) is 21.5 Å². The third-order valence-electron chi connectivity index (χ3n) is 7.42. The molecule has 0 saturated carbocycles. The van der Waals surface area contributed by atoms with Crippen LogP contribution in [0.25, 0.3) is 16.4 Å². The number of carbonyl (C=O) groups excluding carboxylic acids is 2. The van der Waals surface area contributed by atoms with Gasteiger partial charge in [0.25, 0.3) is 5.91 Å². The largest absolute Gasteiger partial charge is 0.455 e. The lowest BCUT2D eigenvalue weighted by Crippen LogP contribution is -2.60. The van der Waals surface area contributed by atoms with E-state index in [1.807, 2.05) is 56.0 Å². The Kier molecular flexibility index (Phi) is 5.26. The lowest BCUT2D eigenvalue weighted by atomic mass is 9.93. The number of hydrogen-bond acceptors (Lipinski definition) is 5. The molecule has 2 aliphatic heterocycles. The number of nitrogens with zero attached hydrogens (tertiary/aromatic N) is 4. The van der Waals surface area contributed by atoms with Crippen LogP contribution in [0.1, 0.15) is 41.4 Å². The van der Waals surface area contributed by atoms with Gasteiger partial charge in [0, 0.05) is 36.4 Å². The molecule has 6 rings (SSSR count). The maximum atomic E-state index is 13.6. The number of carbonyl (C=O) groups is 2. The molecule has 3 aromatic heterocycles. The minimum absolute atomic E-state index is 0.0216. The van der Waals surface area contributed by atoms with Crippen molar-refractivity contribution in [1.82, 2.24) is 24.4 Å². The van der Waals surface area contributed by atoms with E-state index in [4.69, 9.17) is 9.47 Å². The summed E-state index contributed by atoms with van der Waals surface area (Å²) in [5.41, 5.74) is 3.75. The first kappa shape index (κ1) is 22.6. The van der Waals surface area contributed by atoms with Crippen molar-refractivity contribution >= 4 is 28.4 Å². The zero-order chi connectivity index (χ0) is 25.0. The van der Waals surface area contributed by atoms with Gasteiger partial charge in [0.1, 0.15) is 11.3 Å². The summed E-state index contributed by atoms with van der Waals surface area (Å²) in [5, 5.41) is 8.20. The Bertz CT molecular complexity index is 1510. The normalized spacial score (nSPS) is 16.6. The van der Waals surface area contributed by atoms with Gasteiger partial charge < -0.3 is 19.7 Å². The number of aromatic nitrogens is 3. The monoisotopic (exact) mass is 487 g/mol. The van der Waals surface area contributed by atoms with Crippen LogP contribution in [0.3, 0.4) is 0 Å². The fraction of sp³-hybridized carbons (Fsp3) is 0.370. The Labute approximate surface area is 208 Å².